The largest absolute Gasteiger partial charge is 0.456 e. The first-order valence-electron chi connectivity index (χ1n) is 5.81. The summed E-state index contributed by atoms with van der Waals surface area (Å²) in [6.07, 6.45) is 1.73. The van der Waals surface area contributed by atoms with Crippen molar-refractivity contribution in [1.82, 2.24) is 4.98 Å². The minimum absolute atomic E-state index is 0.257. The lowest BCUT2D eigenvalue weighted by Gasteiger charge is -2.02. The predicted molar refractivity (Wildman–Crippen MR) is 76.4 cm³/mol. The van der Waals surface area contributed by atoms with Crippen molar-refractivity contribution in [3.63, 3.8) is 0 Å². The Labute approximate surface area is 115 Å². The van der Waals surface area contributed by atoms with Crippen LogP contribution in [-0.4, -0.2) is 17.5 Å². The number of nitrogens with one attached hydrogen (secondary N) is 1. The molecule has 1 N–H and O–H groups in total. The zero-order valence-corrected chi connectivity index (χ0v) is 11.2. The Balaban J connectivity index is 1.89. The minimum Gasteiger partial charge on any atom is -0.456 e. The van der Waals surface area contributed by atoms with E-state index in [0.717, 1.165) is 5.56 Å². The molecule has 4 nitrogen and oxygen atoms in total. The van der Waals surface area contributed by atoms with Gasteiger partial charge in [0.25, 0.3) is 0 Å². The maximum Gasteiger partial charge on any atom is 0.358 e. The Morgan fingerprint density at radius 3 is 2.95 bits per heavy atom. The van der Waals surface area contributed by atoms with Gasteiger partial charge in [-0.1, -0.05) is 36.4 Å². The van der Waals surface area contributed by atoms with Crippen LogP contribution in [0.3, 0.4) is 0 Å². The van der Waals surface area contributed by atoms with Gasteiger partial charge in [0.05, 0.1) is 0 Å². The molecule has 0 radical (unpaired) electrons. The van der Waals surface area contributed by atoms with Crippen LogP contribution in [0.25, 0.3) is 0 Å². The Morgan fingerprint density at radius 2 is 2.21 bits per heavy atom. The molecule has 1 aromatic carbocycles. The van der Waals surface area contributed by atoms with E-state index in [-0.39, 0.29) is 6.61 Å². The van der Waals surface area contributed by atoms with Gasteiger partial charge in [-0.3, -0.25) is 0 Å². The topological polar surface area (TPSA) is 51.2 Å². The van der Waals surface area contributed by atoms with E-state index in [0.29, 0.717) is 17.4 Å². The summed E-state index contributed by atoms with van der Waals surface area (Å²) in [7, 11) is 0. The first-order valence-corrected chi connectivity index (χ1v) is 6.69. The maximum atomic E-state index is 11.8. The standard InChI is InChI=1S/C14H14N2O2S/c1-2-8-15-14-16-12(10-19-14)13(17)18-9-11-6-4-3-5-7-11/h2-7,10H,1,8-9H2,(H,15,16). The summed E-state index contributed by atoms with van der Waals surface area (Å²) in [5.74, 6) is -0.410. The Hall–Kier alpha value is -2.14. The van der Waals surface area contributed by atoms with Gasteiger partial charge in [-0.05, 0) is 5.56 Å². The highest BCUT2D eigenvalue weighted by Gasteiger charge is 2.11. The molecule has 2 aromatic rings. The van der Waals surface area contributed by atoms with Gasteiger partial charge >= 0.3 is 5.97 Å². The van der Waals surface area contributed by atoms with E-state index in [9.17, 15) is 4.79 Å². The van der Waals surface area contributed by atoms with E-state index in [1.807, 2.05) is 30.3 Å². The number of hydrogen-bond acceptors (Lipinski definition) is 5. The molecule has 0 bridgehead atoms. The number of rotatable bonds is 6. The van der Waals surface area contributed by atoms with Crippen LogP contribution in [0.15, 0.2) is 48.4 Å². The Kier molecular flexibility index (Phi) is 4.69. The van der Waals surface area contributed by atoms with Crippen molar-refractivity contribution in [3.8, 4) is 0 Å². The number of anilines is 1. The molecule has 0 atom stereocenters. The molecule has 19 heavy (non-hydrogen) atoms. The van der Waals surface area contributed by atoms with E-state index in [2.05, 4.69) is 16.9 Å². The van der Waals surface area contributed by atoms with Gasteiger partial charge < -0.3 is 10.1 Å². The van der Waals surface area contributed by atoms with Crippen LogP contribution in [0, 0.1) is 0 Å². The van der Waals surface area contributed by atoms with E-state index in [4.69, 9.17) is 4.74 Å². The molecule has 1 aromatic heterocycles. The zero-order chi connectivity index (χ0) is 13.5. The zero-order valence-electron chi connectivity index (χ0n) is 10.3. The van der Waals surface area contributed by atoms with Crippen molar-refractivity contribution in [3.05, 3.63) is 59.6 Å². The highest BCUT2D eigenvalue weighted by molar-refractivity contribution is 7.13. The van der Waals surface area contributed by atoms with Gasteiger partial charge in [0, 0.05) is 11.9 Å². The van der Waals surface area contributed by atoms with Crippen LogP contribution in [0.2, 0.25) is 0 Å². The lowest BCUT2D eigenvalue weighted by molar-refractivity contribution is 0.0467. The first kappa shape index (κ1) is 13.3. The number of nitrogens with zero attached hydrogens (tertiary/aromatic N) is 1. The molecule has 0 fully saturated rings. The lowest BCUT2D eigenvalue weighted by atomic mass is 10.2. The van der Waals surface area contributed by atoms with Gasteiger partial charge in [-0.2, -0.15) is 0 Å². The summed E-state index contributed by atoms with van der Waals surface area (Å²) in [6.45, 7) is 4.48. The molecule has 0 aliphatic carbocycles. The number of carbonyl (C=O) groups excluding carboxylic acids is 1. The van der Waals surface area contributed by atoms with Crippen molar-refractivity contribution >= 4 is 22.4 Å². The quantitative estimate of drug-likeness (QED) is 0.649. The van der Waals surface area contributed by atoms with Gasteiger partial charge in [0.2, 0.25) is 0 Å². The fourth-order valence-corrected chi connectivity index (χ4v) is 2.10. The minimum atomic E-state index is -0.410. The van der Waals surface area contributed by atoms with Crippen LogP contribution < -0.4 is 5.32 Å². The second kappa shape index (κ2) is 6.70. The molecule has 0 aliphatic heterocycles. The van der Waals surface area contributed by atoms with E-state index in [1.165, 1.54) is 11.3 Å². The number of hydrogen-bond donors (Lipinski definition) is 1. The summed E-state index contributed by atoms with van der Waals surface area (Å²) in [5.41, 5.74) is 1.28. The third-order valence-corrected chi connectivity index (χ3v) is 3.12. The van der Waals surface area contributed by atoms with Crippen LogP contribution >= 0.6 is 11.3 Å². The molecule has 0 unspecified atom stereocenters. The highest BCUT2D eigenvalue weighted by atomic mass is 32.1. The van der Waals surface area contributed by atoms with Crippen molar-refractivity contribution in [2.75, 3.05) is 11.9 Å². The van der Waals surface area contributed by atoms with Gasteiger partial charge in [0.1, 0.15) is 6.61 Å². The van der Waals surface area contributed by atoms with Gasteiger partial charge in [0.15, 0.2) is 10.8 Å². The molecule has 2 rings (SSSR count). The van der Waals surface area contributed by atoms with Crippen LogP contribution in [0.5, 0.6) is 0 Å². The van der Waals surface area contributed by atoms with Crippen LogP contribution in [-0.2, 0) is 11.3 Å². The molecule has 0 amide bonds. The number of benzene rings is 1. The first-order chi connectivity index (χ1) is 9.29. The van der Waals surface area contributed by atoms with Crippen molar-refractivity contribution in [2.24, 2.45) is 0 Å². The number of thiazole rings is 1. The fourth-order valence-electron chi connectivity index (χ4n) is 1.41. The summed E-state index contributed by atoms with van der Waals surface area (Å²) in [6, 6.07) is 9.55. The molecule has 0 saturated carbocycles. The Morgan fingerprint density at radius 1 is 1.42 bits per heavy atom. The summed E-state index contributed by atoms with van der Waals surface area (Å²) in [4.78, 5) is 15.9. The number of carbonyl (C=O) groups is 1. The SMILES string of the molecule is C=CCNc1nc(C(=O)OCc2ccccc2)cs1. The summed E-state index contributed by atoms with van der Waals surface area (Å²) < 4.78 is 5.19. The normalized spacial score (nSPS) is 9.89. The van der Waals surface area contributed by atoms with Crippen molar-refractivity contribution in [1.29, 1.82) is 0 Å². The average molecular weight is 274 g/mol. The maximum absolute atomic E-state index is 11.8. The molecule has 0 spiro atoms. The van der Waals surface area contributed by atoms with Crippen molar-refractivity contribution in [2.45, 2.75) is 6.61 Å². The molecule has 98 valence electrons. The van der Waals surface area contributed by atoms with Gasteiger partial charge in [-0.15, -0.1) is 17.9 Å². The Bertz CT molecular complexity index is 552. The van der Waals surface area contributed by atoms with Crippen LogP contribution in [0.4, 0.5) is 5.13 Å². The smallest absolute Gasteiger partial charge is 0.358 e. The van der Waals surface area contributed by atoms with E-state index < -0.39 is 5.97 Å². The average Bonchev–Trinajstić information content (AvgIpc) is 2.92. The lowest BCUT2D eigenvalue weighted by Crippen LogP contribution is -2.06. The van der Waals surface area contributed by atoms with Crippen molar-refractivity contribution < 1.29 is 9.53 Å². The monoisotopic (exact) mass is 274 g/mol. The molecule has 1 heterocycles. The third kappa shape index (κ3) is 3.93. The molecular formula is C14H14N2O2S. The highest BCUT2D eigenvalue weighted by Crippen LogP contribution is 2.16. The van der Waals surface area contributed by atoms with E-state index >= 15 is 0 Å². The summed E-state index contributed by atoms with van der Waals surface area (Å²) >= 11 is 1.37. The molecule has 5 heteroatoms. The predicted octanol–water partition coefficient (Wildman–Crippen LogP) is 3.10. The summed E-state index contributed by atoms with van der Waals surface area (Å²) in [5, 5.41) is 5.39. The number of aromatic nitrogens is 1. The number of esters is 1. The van der Waals surface area contributed by atoms with Crippen LogP contribution in [0.1, 0.15) is 16.1 Å². The number of ether oxygens (including phenoxy) is 1. The molecular weight excluding hydrogens is 260 g/mol. The fraction of sp³-hybridized carbons (Fsp3) is 0.143. The van der Waals surface area contributed by atoms with Gasteiger partial charge in [-0.25, -0.2) is 9.78 Å². The molecule has 0 saturated heterocycles. The third-order valence-electron chi connectivity index (χ3n) is 2.32. The second-order valence-electron chi connectivity index (χ2n) is 3.77. The van der Waals surface area contributed by atoms with E-state index in [1.54, 1.807) is 11.5 Å². The second-order valence-corrected chi connectivity index (χ2v) is 4.63. The molecule has 0 aliphatic rings.